The summed E-state index contributed by atoms with van der Waals surface area (Å²) in [7, 11) is 0. The van der Waals surface area contributed by atoms with Crippen LogP contribution in [0.3, 0.4) is 0 Å². The Hall–Kier alpha value is -3.02. The molecule has 0 unspecified atom stereocenters. The Morgan fingerprint density at radius 3 is 0.833 bits per heavy atom. The fourth-order valence-electron chi connectivity index (χ4n) is 9.24. The smallest absolute Gasteiger partial charge is 0.0449 e. The second kappa shape index (κ2) is 31.9. The molecule has 66 heavy (non-hydrogen) atoms. The van der Waals surface area contributed by atoms with Crippen LogP contribution >= 0.6 is 45.3 Å². The summed E-state index contributed by atoms with van der Waals surface area (Å²) in [6.45, 7) is 4.61. The molecule has 356 valence electrons. The van der Waals surface area contributed by atoms with Crippen molar-refractivity contribution in [1.29, 1.82) is 0 Å². The minimum absolute atomic E-state index is 1.23. The third-order valence-corrected chi connectivity index (χ3v) is 18.4. The zero-order valence-electron chi connectivity index (χ0n) is 41.2. The predicted octanol–water partition coefficient (Wildman–Crippen LogP) is 22.8. The molecular formula is C62H84S4. The van der Waals surface area contributed by atoms with Crippen LogP contribution in [0.5, 0.6) is 0 Å². The van der Waals surface area contributed by atoms with Crippen molar-refractivity contribution in [2.75, 3.05) is 0 Å². The molecule has 4 heterocycles. The van der Waals surface area contributed by atoms with Crippen LogP contribution in [-0.2, 0) is 12.8 Å². The summed E-state index contributed by atoms with van der Waals surface area (Å²) < 4.78 is 0. The number of rotatable bonds is 36. The van der Waals surface area contributed by atoms with Crippen LogP contribution in [0.25, 0.3) is 52.5 Å². The molecule has 0 nitrogen and oxygen atoms in total. The first-order chi connectivity index (χ1) is 32.7. The molecule has 0 spiro atoms. The molecule has 0 aliphatic carbocycles. The molecule has 0 saturated heterocycles. The van der Waals surface area contributed by atoms with Crippen molar-refractivity contribution in [1.82, 2.24) is 0 Å². The van der Waals surface area contributed by atoms with Gasteiger partial charge in [-0.1, -0.05) is 241 Å². The lowest BCUT2D eigenvalue weighted by molar-refractivity contribution is 0.536. The van der Waals surface area contributed by atoms with Gasteiger partial charge in [-0.15, -0.1) is 45.3 Å². The first kappa shape index (κ1) is 52.4. The maximum atomic E-state index is 2.37. The number of thiophene rings is 4. The average molecular weight is 958 g/mol. The average Bonchev–Trinajstić information content (AvgIpc) is 4.20. The molecule has 0 N–H and O–H groups in total. The van der Waals surface area contributed by atoms with E-state index < -0.39 is 0 Å². The van der Waals surface area contributed by atoms with Gasteiger partial charge < -0.3 is 0 Å². The monoisotopic (exact) mass is 957 g/mol. The second-order valence-electron chi connectivity index (χ2n) is 19.1. The normalized spacial score (nSPS) is 11.7. The van der Waals surface area contributed by atoms with Crippen molar-refractivity contribution in [3.05, 3.63) is 118 Å². The molecule has 0 aliphatic heterocycles. The summed E-state index contributed by atoms with van der Waals surface area (Å²) in [5, 5.41) is 0. The van der Waals surface area contributed by atoms with Crippen molar-refractivity contribution in [2.24, 2.45) is 0 Å². The topological polar surface area (TPSA) is 0 Å². The summed E-state index contributed by atoms with van der Waals surface area (Å²) >= 11 is 7.83. The first-order valence-electron chi connectivity index (χ1n) is 27.0. The highest BCUT2D eigenvalue weighted by atomic mass is 32.1. The number of aryl methyl sites for hydroxylation is 2. The number of unbranched alkanes of at least 4 members (excludes halogenated alkanes) is 26. The van der Waals surface area contributed by atoms with Gasteiger partial charge in [-0.25, -0.2) is 0 Å². The highest BCUT2D eigenvalue weighted by Crippen LogP contribution is 2.40. The molecule has 6 aromatic rings. The zero-order valence-corrected chi connectivity index (χ0v) is 44.5. The van der Waals surface area contributed by atoms with E-state index in [2.05, 4.69) is 123 Å². The minimum atomic E-state index is 1.23. The maximum Gasteiger partial charge on any atom is 0.0449 e. The van der Waals surface area contributed by atoms with Crippen LogP contribution < -0.4 is 0 Å². The van der Waals surface area contributed by atoms with E-state index in [1.807, 2.05) is 45.3 Å². The van der Waals surface area contributed by atoms with Gasteiger partial charge in [0.1, 0.15) is 0 Å². The lowest BCUT2D eigenvalue weighted by Crippen LogP contribution is -1.84. The van der Waals surface area contributed by atoms with E-state index >= 15 is 0 Å². The van der Waals surface area contributed by atoms with Gasteiger partial charge in [0, 0.05) is 39.0 Å². The van der Waals surface area contributed by atoms with Gasteiger partial charge in [-0.2, -0.15) is 0 Å². The molecule has 0 aliphatic rings. The third kappa shape index (κ3) is 19.5. The molecular weight excluding hydrogens is 873 g/mol. The first-order valence-corrected chi connectivity index (χ1v) is 30.2. The van der Waals surface area contributed by atoms with Crippen LogP contribution in [0.4, 0.5) is 0 Å². The van der Waals surface area contributed by atoms with E-state index in [4.69, 9.17) is 0 Å². The van der Waals surface area contributed by atoms with E-state index in [9.17, 15) is 0 Å². The summed E-state index contributed by atoms with van der Waals surface area (Å²) in [4.78, 5) is 11.4. The molecule has 4 heteroatoms. The second-order valence-corrected chi connectivity index (χ2v) is 23.6. The lowest BCUT2D eigenvalue weighted by Gasteiger charge is -2.03. The molecule has 0 radical (unpaired) electrons. The zero-order chi connectivity index (χ0) is 45.7. The fraction of sp³-hybridized carbons (Fsp3) is 0.516. The molecule has 6 rings (SSSR count). The van der Waals surface area contributed by atoms with Crippen LogP contribution in [-0.4, -0.2) is 0 Å². The van der Waals surface area contributed by atoms with Crippen LogP contribution in [0.2, 0.25) is 0 Å². The number of hydrogen-bond acceptors (Lipinski definition) is 4. The summed E-state index contributed by atoms with van der Waals surface area (Å²) in [6, 6.07) is 36.8. The molecule has 0 fully saturated rings. The Balaban J connectivity index is 0.841. The van der Waals surface area contributed by atoms with Crippen LogP contribution in [0.1, 0.15) is 215 Å². The Kier molecular flexibility index (Phi) is 25.3. The standard InChI is InChI=1S/C62H84S4/c1-3-5-7-9-11-13-15-17-19-21-23-25-27-29-31-55-43-45-59(63-55)61-49-47-57(65-61)53-39-35-51(36-40-53)33-34-52-37-41-54(42-38-52)58-48-50-62(66-58)60-46-44-56(64-60)32-30-28-26-24-22-20-18-16-14-12-10-8-6-4-2/h33-50H,3-32H2,1-2H3. The summed E-state index contributed by atoms with van der Waals surface area (Å²) in [5.74, 6) is 0. The molecule has 0 bridgehead atoms. The maximum absolute atomic E-state index is 2.37. The van der Waals surface area contributed by atoms with Crippen molar-refractivity contribution in [3.8, 4) is 40.4 Å². The summed E-state index contributed by atoms with van der Waals surface area (Å²) in [5.41, 5.74) is 5.05. The Morgan fingerprint density at radius 1 is 0.258 bits per heavy atom. The van der Waals surface area contributed by atoms with Gasteiger partial charge >= 0.3 is 0 Å². The lowest BCUT2D eigenvalue weighted by atomic mass is 10.0. The van der Waals surface area contributed by atoms with Gasteiger partial charge in [0.2, 0.25) is 0 Å². The molecule has 0 atom stereocenters. The largest absolute Gasteiger partial charge is 0.139 e. The van der Waals surface area contributed by atoms with Crippen molar-refractivity contribution < 1.29 is 0 Å². The molecule has 4 aromatic heterocycles. The predicted molar refractivity (Wildman–Crippen MR) is 303 cm³/mol. The number of benzene rings is 2. The Labute approximate surface area is 419 Å². The van der Waals surface area contributed by atoms with Gasteiger partial charge in [-0.05, 0) is 96.5 Å². The van der Waals surface area contributed by atoms with E-state index in [-0.39, 0.29) is 0 Å². The summed E-state index contributed by atoms with van der Waals surface area (Å²) in [6.07, 6.45) is 46.7. The third-order valence-electron chi connectivity index (χ3n) is 13.4. The quantitative estimate of drug-likeness (QED) is 0.0272. The fourth-order valence-corrected chi connectivity index (χ4v) is 13.5. The van der Waals surface area contributed by atoms with E-state index in [1.165, 1.54) is 254 Å². The van der Waals surface area contributed by atoms with Gasteiger partial charge in [0.15, 0.2) is 0 Å². The van der Waals surface area contributed by atoms with Crippen molar-refractivity contribution >= 4 is 57.5 Å². The van der Waals surface area contributed by atoms with Gasteiger partial charge in [0.05, 0.1) is 0 Å². The van der Waals surface area contributed by atoms with Crippen LogP contribution in [0.15, 0.2) is 97.1 Å². The van der Waals surface area contributed by atoms with Gasteiger partial charge in [-0.3, -0.25) is 0 Å². The highest BCUT2D eigenvalue weighted by molar-refractivity contribution is 7.24. The molecule has 0 amide bonds. The number of hydrogen-bond donors (Lipinski definition) is 0. The van der Waals surface area contributed by atoms with Crippen LogP contribution in [0, 0.1) is 0 Å². The van der Waals surface area contributed by atoms with Gasteiger partial charge in [0.25, 0.3) is 0 Å². The van der Waals surface area contributed by atoms with Crippen molar-refractivity contribution in [2.45, 2.75) is 206 Å². The van der Waals surface area contributed by atoms with E-state index in [1.54, 1.807) is 0 Å². The molecule has 2 aromatic carbocycles. The minimum Gasteiger partial charge on any atom is -0.139 e. The Bertz CT molecular complexity index is 2000. The highest BCUT2D eigenvalue weighted by Gasteiger charge is 2.10. The Morgan fingerprint density at radius 2 is 0.515 bits per heavy atom. The van der Waals surface area contributed by atoms with E-state index in [0.717, 1.165) is 0 Å². The molecule has 0 saturated carbocycles. The van der Waals surface area contributed by atoms with Crippen molar-refractivity contribution in [3.63, 3.8) is 0 Å². The van der Waals surface area contributed by atoms with E-state index in [0.29, 0.717) is 0 Å². The SMILES string of the molecule is CCCCCCCCCCCCCCCCc1ccc(-c2ccc(-c3ccc(C=Cc4ccc(-c5ccc(-c6ccc(CCCCCCCCCCCCCCCC)s6)s5)cc4)cc3)s2)s1.